The van der Waals surface area contributed by atoms with Gasteiger partial charge in [0.2, 0.25) is 5.95 Å². The van der Waals surface area contributed by atoms with Gasteiger partial charge in [0.15, 0.2) is 33.3 Å². The number of hydrogen-bond acceptors (Lipinski definition) is 11. The predicted octanol–water partition coefficient (Wildman–Crippen LogP) is -1.16. The van der Waals surface area contributed by atoms with Crippen molar-refractivity contribution in [2.24, 2.45) is 5.92 Å². The highest BCUT2D eigenvalue weighted by Gasteiger charge is 2.47. The van der Waals surface area contributed by atoms with Gasteiger partial charge in [-0.25, -0.2) is 13.4 Å². The van der Waals surface area contributed by atoms with Crippen molar-refractivity contribution in [2.45, 2.75) is 38.4 Å². The molecule has 0 spiro atoms. The lowest BCUT2D eigenvalue weighted by Gasteiger charge is -2.31. The number of sulfone groups is 1. The molecule has 4 atom stereocenters. The maximum atomic E-state index is 12.5. The summed E-state index contributed by atoms with van der Waals surface area (Å²) < 4.78 is 36.6. The average molecular weight is 517 g/mol. The largest absolute Gasteiger partial charge is 0.460 e. The van der Waals surface area contributed by atoms with Gasteiger partial charge in [-0.3, -0.25) is 14.3 Å². The van der Waals surface area contributed by atoms with Gasteiger partial charge in [-0.1, -0.05) is 13.8 Å². The Morgan fingerprint density at radius 3 is 2.76 bits per heavy atom. The van der Waals surface area contributed by atoms with Gasteiger partial charge in [0.25, 0.3) is 10.7 Å². The van der Waals surface area contributed by atoms with Gasteiger partial charge in [0.05, 0.1) is 24.4 Å². The minimum absolute atomic E-state index is 0.0145. The Labute approximate surface area is 201 Å². The molecule has 13 nitrogen and oxygen atoms in total. The molecule has 2 aliphatic heterocycles. The summed E-state index contributed by atoms with van der Waals surface area (Å²) in [5.74, 6) is 0.475. The molecule has 4 rings (SSSR count). The first-order chi connectivity index (χ1) is 16.1. The Morgan fingerprint density at radius 1 is 1.41 bits per heavy atom. The topological polar surface area (TPSA) is 172 Å². The second-order valence-electron chi connectivity index (χ2n) is 8.74. The van der Waals surface area contributed by atoms with E-state index in [9.17, 15) is 23.4 Å². The molecule has 0 aliphatic carbocycles. The normalized spacial score (nSPS) is 26.8. The quantitative estimate of drug-likeness (QED) is 0.340. The number of hydrogen-bond donors (Lipinski definition) is 4. The van der Waals surface area contributed by atoms with Crippen LogP contribution in [0.15, 0.2) is 11.1 Å². The van der Waals surface area contributed by atoms with Crippen LogP contribution in [-0.4, -0.2) is 104 Å². The Morgan fingerprint density at radius 2 is 2.12 bits per heavy atom. The fraction of sp³-hybridized carbons (Fsp3) is 0.684. The lowest BCUT2D eigenvalue weighted by molar-refractivity contribution is -0.0504. The number of aromatic amines is 1. The van der Waals surface area contributed by atoms with Gasteiger partial charge < -0.3 is 29.9 Å². The van der Waals surface area contributed by atoms with Gasteiger partial charge in [-0.2, -0.15) is 4.98 Å². The van der Waals surface area contributed by atoms with Crippen molar-refractivity contribution < 1.29 is 28.1 Å². The zero-order chi connectivity index (χ0) is 24.6. The van der Waals surface area contributed by atoms with Crippen molar-refractivity contribution in [2.75, 3.05) is 43.1 Å². The lowest BCUT2D eigenvalue weighted by atomic mass is 10.1. The van der Waals surface area contributed by atoms with E-state index in [4.69, 9.17) is 21.7 Å². The minimum atomic E-state index is -3.11. The number of aliphatic hydroxyl groups excluding tert-OH is 2. The van der Waals surface area contributed by atoms with E-state index < -0.39 is 46.5 Å². The third-order valence-corrected chi connectivity index (χ3v) is 7.68. The number of thiocarbonyl (C=S) groups is 1. The zero-order valence-corrected chi connectivity index (χ0v) is 20.4. The first kappa shape index (κ1) is 24.8. The van der Waals surface area contributed by atoms with Gasteiger partial charge in [0, 0.05) is 19.6 Å². The number of imidazole rings is 1. The number of ether oxygens (including phenoxy) is 2. The average Bonchev–Trinajstić information content (AvgIpc) is 3.33. The van der Waals surface area contributed by atoms with Crippen molar-refractivity contribution in [1.29, 1.82) is 0 Å². The molecular formula is C19H28N6O7S2. The summed E-state index contributed by atoms with van der Waals surface area (Å²) >= 11 is 5.37. The molecule has 2 aromatic heterocycles. The molecule has 0 amide bonds. The number of aromatic nitrogens is 4. The molecule has 2 unspecified atom stereocenters. The van der Waals surface area contributed by atoms with Crippen LogP contribution < -0.4 is 10.9 Å². The number of rotatable bonds is 6. The van der Waals surface area contributed by atoms with Gasteiger partial charge in [0.1, 0.15) is 12.2 Å². The van der Waals surface area contributed by atoms with Crippen LogP contribution in [0.3, 0.4) is 0 Å². The number of H-pyrrole nitrogens is 1. The Balaban J connectivity index is 1.62. The second-order valence-corrected chi connectivity index (χ2v) is 11.4. The summed E-state index contributed by atoms with van der Waals surface area (Å²) in [6.45, 7) is 4.48. The lowest BCUT2D eigenvalue weighted by Crippen LogP contribution is -2.47. The molecule has 4 heterocycles. The van der Waals surface area contributed by atoms with Gasteiger partial charge >= 0.3 is 0 Å². The Hall–Kier alpha value is -2.33. The standard InChI is InChI=1S/C19H28N6O7S2/c1-10(2)7-20-18-22-15-12(16(28)23-18)21-9-25(15)17-14(13(27)11(8-26)31-17)32-19(33)24-3-5-34(29,30)6-4-24/h9-11,13-14,17,26-27H,3-8H2,1-2H3,(H2,20,22,23,28)/t11-,13?,14?,17-/m1/s1. The van der Waals surface area contributed by atoms with E-state index in [0.717, 1.165) is 0 Å². The van der Waals surface area contributed by atoms with Crippen molar-refractivity contribution in [3.63, 3.8) is 0 Å². The Kier molecular flexibility index (Phi) is 7.09. The Bertz CT molecular complexity index is 1200. The fourth-order valence-corrected chi connectivity index (χ4v) is 5.30. The van der Waals surface area contributed by atoms with Gasteiger partial charge in [-0.05, 0) is 18.1 Å². The van der Waals surface area contributed by atoms with Crippen molar-refractivity contribution in [1.82, 2.24) is 24.4 Å². The summed E-state index contributed by atoms with van der Waals surface area (Å²) in [4.78, 5) is 25.4. The molecule has 0 saturated carbocycles. The minimum Gasteiger partial charge on any atom is -0.460 e. The zero-order valence-electron chi connectivity index (χ0n) is 18.7. The summed E-state index contributed by atoms with van der Waals surface area (Å²) in [5, 5.41) is 23.5. The van der Waals surface area contributed by atoms with Gasteiger partial charge in [-0.15, -0.1) is 0 Å². The van der Waals surface area contributed by atoms with Crippen LogP contribution in [0.4, 0.5) is 5.95 Å². The SMILES string of the molecule is CC(C)CNc1nc2c(ncn2[C@@H]2O[C@H](CO)C(O)C2OC(=S)N2CCS(=O)(=O)CC2)c(=O)[nH]1. The molecular weight excluding hydrogens is 488 g/mol. The fourth-order valence-electron chi connectivity index (χ4n) is 3.80. The summed E-state index contributed by atoms with van der Waals surface area (Å²) in [6.07, 6.45) is -2.94. The summed E-state index contributed by atoms with van der Waals surface area (Å²) in [5.41, 5.74) is -0.174. The molecule has 15 heteroatoms. The third-order valence-electron chi connectivity index (χ3n) is 5.72. The van der Waals surface area contributed by atoms with Crippen molar-refractivity contribution in [3.05, 3.63) is 16.7 Å². The number of fused-ring (bicyclic) bond motifs is 1. The van der Waals surface area contributed by atoms with E-state index in [0.29, 0.717) is 12.5 Å². The van der Waals surface area contributed by atoms with Crippen LogP contribution in [0.2, 0.25) is 0 Å². The number of nitrogens with zero attached hydrogens (tertiary/aromatic N) is 4. The van der Waals surface area contributed by atoms with Crippen molar-refractivity contribution in [3.8, 4) is 0 Å². The van der Waals surface area contributed by atoms with Crippen LogP contribution in [0.1, 0.15) is 20.1 Å². The van der Waals surface area contributed by atoms with Crippen LogP contribution >= 0.6 is 12.2 Å². The molecule has 2 aliphatic rings. The molecule has 2 fully saturated rings. The molecule has 188 valence electrons. The summed E-state index contributed by atoms with van der Waals surface area (Å²) in [6, 6.07) is 0. The molecule has 0 bridgehead atoms. The smallest absolute Gasteiger partial charge is 0.280 e. The highest BCUT2D eigenvalue weighted by atomic mass is 32.2. The molecule has 2 aromatic rings. The molecule has 2 saturated heterocycles. The van der Waals surface area contributed by atoms with E-state index >= 15 is 0 Å². The first-order valence-electron chi connectivity index (χ1n) is 10.9. The van der Waals surface area contributed by atoms with Crippen LogP contribution in [0, 0.1) is 5.92 Å². The highest BCUT2D eigenvalue weighted by molar-refractivity contribution is 7.91. The predicted molar refractivity (Wildman–Crippen MR) is 126 cm³/mol. The van der Waals surface area contributed by atoms with E-state index in [1.807, 2.05) is 13.8 Å². The van der Waals surface area contributed by atoms with Crippen LogP contribution in [0.5, 0.6) is 0 Å². The van der Waals surface area contributed by atoms with E-state index in [1.54, 1.807) is 4.90 Å². The number of aliphatic hydroxyl groups is 2. The first-order valence-corrected chi connectivity index (χ1v) is 13.1. The summed E-state index contributed by atoms with van der Waals surface area (Å²) in [7, 11) is -3.11. The second kappa shape index (κ2) is 9.73. The van der Waals surface area contributed by atoms with Crippen molar-refractivity contribution >= 4 is 44.3 Å². The highest BCUT2D eigenvalue weighted by Crippen LogP contribution is 2.34. The van der Waals surface area contributed by atoms with E-state index in [-0.39, 0.29) is 46.9 Å². The molecule has 34 heavy (non-hydrogen) atoms. The maximum Gasteiger partial charge on any atom is 0.280 e. The third kappa shape index (κ3) is 5.02. The number of anilines is 1. The molecule has 4 N–H and O–H groups in total. The van der Waals surface area contributed by atoms with Crippen LogP contribution in [0.25, 0.3) is 11.2 Å². The van der Waals surface area contributed by atoms with E-state index in [1.165, 1.54) is 10.9 Å². The molecule has 0 radical (unpaired) electrons. The number of nitrogens with one attached hydrogen (secondary N) is 2. The van der Waals surface area contributed by atoms with Crippen LogP contribution in [-0.2, 0) is 19.3 Å². The maximum absolute atomic E-state index is 12.5. The molecule has 0 aromatic carbocycles. The van der Waals surface area contributed by atoms with E-state index in [2.05, 4.69) is 20.3 Å². The monoisotopic (exact) mass is 516 g/mol.